The van der Waals surface area contributed by atoms with Crippen LogP contribution in [0.25, 0.3) is 0 Å². The third-order valence-corrected chi connectivity index (χ3v) is 10.2. The number of carbonyl (C=O) groups is 4. The van der Waals surface area contributed by atoms with Crippen LogP contribution in [0.3, 0.4) is 0 Å². The van der Waals surface area contributed by atoms with Crippen molar-refractivity contribution in [3.8, 4) is 0 Å². The van der Waals surface area contributed by atoms with E-state index in [0.717, 1.165) is 58.3 Å². The molecule has 11 heteroatoms. The van der Waals surface area contributed by atoms with Crippen LogP contribution in [0.15, 0.2) is 22.8 Å². The van der Waals surface area contributed by atoms with Crippen molar-refractivity contribution in [3.63, 3.8) is 0 Å². The number of carbonyl (C=O) groups excluding carboxylic acids is 4. The smallest absolute Gasteiger partial charge is 0.341 e. The van der Waals surface area contributed by atoms with Crippen LogP contribution >= 0.6 is 0 Å². The van der Waals surface area contributed by atoms with Crippen LogP contribution < -0.4 is 0 Å². The Balaban J connectivity index is 2.05. The second kappa shape index (κ2) is 16.1. The molecule has 1 saturated carbocycles. The standard InChI is InChI=1S/C36H56O11/c1-8-11-13-15-17-19-25(37)44-24-21-34(6,41)28-27(31-36(24,43)35(7,42)33(40)47-31)23(5)29(46-32(39)22(4)10-3)30(28)45-26(38)20-18-16-14-12-9-2/h10,24,28-31,41-43H,8-9,11-21H2,1-7H3/b22-10-/t24-,28+,29-,30-,31-,34-,35+,36+/m0/s1. The van der Waals surface area contributed by atoms with E-state index in [1.807, 2.05) is 0 Å². The SMILES string of the molecule is C/C=C(/C)C(=O)O[C@H]1C(C)=C2[C@H]([C@@H]1OC(=O)CCCCCCC)[C@@](C)(O)C[C@H](OC(=O)CCCCCCC)[C@@]1(O)[C@H]2OC(=O)[C@@]1(C)O. The number of unbranched alkanes of at least 4 members (excludes halogenated alkanes) is 8. The number of hydrogen-bond donors (Lipinski definition) is 3. The van der Waals surface area contributed by atoms with Crippen molar-refractivity contribution < 1.29 is 53.4 Å². The summed E-state index contributed by atoms with van der Waals surface area (Å²) in [4.78, 5) is 52.5. The van der Waals surface area contributed by atoms with Gasteiger partial charge in [-0.05, 0) is 58.6 Å². The largest absolute Gasteiger partial charge is 0.459 e. The van der Waals surface area contributed by atoms with E-state index in [2.05, 4.69) is 13.8 Å². The van der Waals surface area contributed by atoms with Crippen LogP contribution in [0, 0.1) is 5.92 Å². The molecule has 0 unspecified atom stereocenters. The van der Waals surface area contributed by atoms with Gasteiger partial charge < -0.3 is 34.3 Å². The molecule has 0 aromatic rings. The molecule has 3 N–H and O–H groups in total. The van der Waals surface area contributed by atoms with Crippen molar-refractivity contribution >= 4 is 23.9 Å². The van der Waals surface area contributed by atoms with Crippen LogP contribution in [-0.2, 0) is 38.1 Å². The maximum Gasteiger partial charge on any atom is 0.341 e. The molecule has 47 heavy (non-hydrogen) atoms. The molecule has 11 nitrogen and oxygen atoms in total. The fourth-order valence-electron chi connectivity index (χ4n) is 7.15. The maximum absolute atomic E-state index is 13.2. The number of rotatable bonds is 16. The van der Waals surface area contributed by atoms with E-state index in [1.54, 1.807) is 26.8 Å². The molecule has 0 aromatic heterocycles. The minimum absolute atomic E-state index is 0.0476. The van der Waals surface area contributed by atoms with Gasteiger partial charge in [0.25, 0.3) is 0 Å². The first-order valence-electron chi connectivity index (χ1n) is 17.4. The van der Waals surface area contributed by atoms with Crippen molar-refractivity contribution in [1.29, 1.82) is 0 Å². The first kappa shape index (κ1) is 38.7. The lowest BCUT2D eigenvalue weighted by atomic mass is 9.75. The van der Waals surface area contributed by atoms with E-state index in [0.29, 0.717) is 24.0 Å². The van der Waals surface area contributed by atoms with Crippen LogP contribution in [0.4, 0.5) is 0 Å². The Morgan fingerprint density at radius 1 is 0.872 bits per heavy atom. The number of esters is 4. The molecule has 3 rings (SSSR count). The Bertz CT molecular complexity index is 1220. The number of ether oxygens (including phenoxy) is 4. The summed E-state index contributed by atoms with van der Waals surface area (Å²) < 4.78 is 23.3. The topological polar surface area (TPSA) is 166 Å². The maximum atomic E-state index is 13.2. The van der Waals surface area contributed by atoms with Gasteiger partial charge in [-0.2, -0.15) is 0 Å². The Morgan fingerprint density at radius 3 is 1.94 bits per heavy atom. The molecule has 1 heterocycles. The summed E-state index contributed by atoms with van der Waals surface area (Å²) in [6.07, 6.45) is 4.57. The minimum Gasteiger partial charge on any atom is -0.459 e. The monoisotopic (exact) mass is 664 g/mol. The number of allylic oxidation sites excluding steroid dienone is 1. The van der Waals surface area contributed by atoms with E-state index >= 15 is 0 Å². The molecule has 0 aromatic carbocycles. The summed E-state index contributed by atoms with van der Waals surface area (Å²) in [5.74, 6) is -4.17. The summed E-state index contributed by atoms with van der Waals surface area (Å²) in [7, 11) is 0. The third kappa shape index (κ3) is 8.11. The summed E-state index contributed by atoms with van der Waals surface area (Å²) in [5.41, 5.74) is -6.17. The van der Waals surface area contributed by atoms with Crippen molar-refractivity contribution in [2.24, 2.45) is 5.92 Å². The first-order valence-corrected chi connectivity index (χ1v) is 17.4. The quantitative estimate of drug-likeness (QED) is 0.0674. The normalized spacial score (nSPS) is 33.5. The van der Waals surface area contributed by atoms with E-state index in [1.165, 1.54) is 6.92 Å². The molecule has 1 saturated heterocycles. The highest BCUT2D eigenvalue weighted by Crippen LogP contribution is 2.56. The number of fused-ring (bicyclic) bond motifs is 3. The van der Waals surface area contributed by atoms with Crippen molar-refractivity contribution in [2.75, 3.05) is 0 Å². The zero-order valence-electron chi connectivity index (χ0n) is 29.3. The molecular weight excluding hydrogens is 608 g/mol. The Morgan fingerprint density at radius 2 is 1.40 bits per heavy atom. The summed E-state index contributed by atoms with van der Waals surface area (Å²) in [6.45, 7) is 11.6. The third-order valence-electron chi connectivity index (χ3n) is 10.2. The average molecular weight is 665 g/mol. The Hall–Kier alpha value is -2.76. The molecule has 3 aliphatic rings. The van der Waals surface area contributed by atoms with Gasteiger partial charge in [0.05, 0.1) is 11.5 Å². The van der Waals surface area contributed by atoms with Crippen LogP contribution in [0.2, 0.25) is 0 Å². The second-order valence-electron chi connectivity index (χ2n) is 13.9. The molecule has 2 fully saturated rings. The van der Waals surface area contributed by atoms with Gasteiger partial charge in [0.1, 0.15) is 6.10 Å². The molecule has 0 spiro atoms. The predicted molar refractivity (Wildman–Crippen MR) is 173 cm³/mol. The number of hydrogen-bond acceptors (Lipinski definition) is 11. The Kier molecular flexibility index (Phi) is 13.2. The summed E-state index contributed by atoms with van der Waals surface area (Å²) in [6, 6.07) is 0. The average Bonchev–Trinajstić information content (AvgIpc) is 3.34. The zero-order chi connectivity index (χ0) is 35.2. The van der Waals surface area contributed by atoms with Gasteiger partial charge in [0, 0.05) is 24.8 Å². The molecule has 2 aliphatic carbocycles. The van der Waals surface area contributed by atoms with Gasteiger partial charge in [0.15, 0.2) is 29.5 Å². The molecule has 0 radical (unpaired) electrons. The van der Waals surface area contributed by atoms with Crippen LogP contribution in [0.5, 0.6) is 0 Å². The molecule has 8 atom stereocenters. The van der Waals surface area contributed by atoms with Gasteiger partial charge >= 0.3 is 23.9 Å². The van der Waals surface area contributed by atoms with Gasteiger partial charge in [-0.15, -0.1) is 0 Å². The minimum atomic E-state index is -2.54. The van der Waals surface area contributed by atoms with Crippen LogP contribution in [-0.4, -0.2) is 80.4 Å². The Labute approximate surface area is 279 Å². The van der Waals surface area contributed by atoms with Crippen LogP contribution in [0.1, 0.15) is 132 Å². The van der Waals surface area contributed by atoms with Gasteiger partial charge in [-0.3, -0.25) is 9.59 Å². The van der Waals surface area contributed by atoms with Gasteiger partial charge in [0.2, 0.25) is 0 Å². The van der Waals surface area contributed by atoms with Crippen molar-refractivity contribution in [3.05, 3.63) is 22.8 Å². The highest BCUT2D eigenvalue weighted by Gasteiger charge is 2.75. The van der Waals surface area contributed by atoms with E-state index in [-0.39, 0.29) is 18.4 Å². The lowest BCUT2D eigenvalue weighted by molar-refractivity contribution is -0.209. The second-order valence-corrected chi connectivity index (χ2v) is 13.9. The highest BCUT2D eigenvalue weighted by atomic mass is 16.6. The zero-order valence-corrected chi connectivity index (χ0v) is 29.3. The summed E-state index contributed by atoms with van der Waals surface area (Å²) in [5, 5.41) is 36.0. The van der Waals surface area contributed by atoms with E-state index in [9.17, 15) is 34.5 Å². The number of aliphatic hydroxyl groups is 3. The molecule has 0 bridgehead atoms. The first-order chi connectivity index (χ1) is 22.1. The fraction of sp³-hybridized carbons (Fsp3) is 0.778. The molecular formula is C36H56O11. The molecule has 266 valence electrons. The predicted octanol–water partition coefficient (Wildman–Crippen LogP) is 4.92. The van der Waals surface area contributed by atoms with Crippen molar-refractivity contribution in [1.82, 2.24) is 0 Å². The molecule has 1 aliphatic heterocycles. The van der Waals surface area contributed by atoms with Gasteiger partial charge in [-0.25, -0.2) is 9.59 Å². The summed E-state index contributed by atoms with van der Waals surface area (Å²) >= 11 is 0. The highest BCUT2D eigenvalue weighted by molar-refractivity contribution is 5.88. The molecule has 0 amide bonds. The van der Waals surface area contributed by atoms with E-state index < -0.39 is 77.4 Å². The van der Waals surface area contributed by atoms with Crippen molar-refractivity contribution in [2.45, 2.75) is 173 Å². The van der Waals surface area contributed by atoms with Gasteiger partial charge in [-0.1, -0.05) is 71.3 Å². The van der Waals surface area contributed by atoms with E-state index in [4.69, 9.17) is 18.9 Å². The lowest BCUT2D eigenvalue weighted by Gasteiger charge is -2.40. The lowest BCUT2D eigenvalue weighted by Crippen LogP contribution is -2.64. The fourth-order valence-corrected chi connectivity index (χ4v) is 7.15.